The molecule has 2 rings (SSSR count). The average Bonchev–Trinajstić information content (AvgIpc) is 2.71. The van der Waals surface area contributed by atoms with Crippen molar-refractivity contribution in [3.05, 3.63) is 45.5 Å². The summed E-state index contributed by atoms with van der Waals surface area (Å²) in [7, 11) is 5.07. The van der Waals surface area contributed by atoms with E-state index in [9.17, 15) is 25.4 Å². The maximum atomic E-state index is 11.6. The van der Waals surface area contributed by atoms with Crippen LogP contribution in [0.1, 0.15) is 18.1 Å². The quantitative estimate of drug-likeness (QED) is 0.433. The van der Waals surface area contributed by atoms with Gasteiger partial charge in [0.25, 0.3) is 5.69 Å². The number of nitro groups is 1. The van der Waals surface area contributed by atoms with Gasteiger partial charge in [-0.15, -0.1) is 10.2 Å². The van der Waals surface area contributed by atoms with Gasteiger partial charge in [0, 0.05) is 39.2 Å². The van der Waals surface area contributed by atoms with Crippen LogP contribution in [0.15, 0.2) is 34.5 Å². The van der Waals surface area contributed by atoms with E-state index >= 15 is 0 Å². The molecule has 1 amide bonds. The van der Waals surface area contributed by atoms with Crippen molar-refractivity contribution in [2.45, 2.75) is 6.92 Å². The molecule has 2 aromatic rings. The van der Waals surface area contributed by atoms with Gasteiger partial charge in [0.15, 0.2) is 0 Å². The number of methoxy groups -OCH3 is 1. The van der Waals surface area contributed by atoms with Crippen molar-refractivity contribution >= 4 is 34.3 Å². The Kier molecular flexibility index (Phi) is 6.62. The Morgan fingerprint density at radius 3 is 2.20 bits per heavy atom. The van der Waals surface area contributed by atoms with Crippen molar-refractivity contribution in [2.24, 2.45) is 10.2 Å². The number of hydrogen-bond donors (Lipinski definition) is 1. The predicted octanol–water partition coefficient (Wildman–Crippen LogP) is 3.79. The molecule has 0 aliphatic rings. The number of benzene rings is 2. The molecule has 11 nitrogen and oxygen atoms in total. The lowest BCUT2D eigenvalue weighted by molar-refractivity contribution is -0.384. The number of carbonyl (C=O) groups is 1. The Hall–Kier alpha value is -4.51. The maximum absolute atomic E-state index is 11.6. The summed E-state index contributed by atoms with van der Waals surface area (Å²) in [5, 5.41) is 40.4. The van der Waals surface area contributed by atoms with Gasteiger partial charge >= 0.3 is 0 Å². The summed E-state index contributed by atoms with van der Waals surface area (Å²) in [6, 6.07) is 8.77. The Bertz CT molecular complexity index is 1090. The lowest BCUT2D eigenvalue weighted by Crippen LogP contribution is -2.12. The Morgan fingerprint density at radius 2 is 1.77 bits per heavy atom. The van der Waals surface area contributed by atoms with Crippen LogP contribution in [0, 0.1) is 32.8 Å². The minimum Gasteiger partial charge on any atom is -0.494 e. The fourth-order valence-corrected chi connectivity index (χ4v) is 2.55. The molecule has 0 aliphatic carbocycles. The first-order valence-electron chi connectivity index (χ1n) is 8.43. The number of anilines is 2. The SMILES string of the molecule is COc1cc(N=Nc2c(C#N)cc([N+](=O)[O-])cc2C#N)c(NC(C)=O)cc1N(C)C. The highest BCUT2D eigenvalue weighted by Crippen LogP contribution is 2.39. The fourth-order valence-electron chi connectivity index (χ4n) is 2.55. The molecule has 0 fully saturated rings. The van der Waals surface area contributed by atoms with E-state index < -0.39 is 10.6 Å². The van der Waals surface area contributed by atoms with Crippen molar-refractivity contribution in [1.29, 1.82) is 10.5 Å². The lowest BCUT2D eigenvalue weighted by atomic mass is 10.1. The van der Waals surface area contributed by atoms with E-state index in [1.54, 1.807) is 37.2 Å². The van der Waals surface area contributed by atoms with Crippen LogP contribution >= 0.6 is 0 Å². The van der Waals surface area contributed by atoms with Gasteiger partial charge < -0.3 is 15.0 Å². The van der Waals surface area contributed by atoms with Crippen LogP contribution in [0.2, 0.25) is 0 Å². The first kappa shape index (κ1) is 21.8. The van der Waals surface area contributed by atoms with E-state index in [-0.39, 0.29) is 28.4 Å². The van der Waals surface area contributed by atoms with Crippen LogP contribution < -0.4 is 15.0 Å². The molecule has 0 saturated heterocycles. The average molecular weight is 407 g/mol. The molecule has 152 valence electrons. The van der Waals surface area contributed by atoms with Gasteiger partial charge in [0.1, 0.15) is 29.3 Å². The van der Waals surface area contributed by atoms with Crippen LogP contribution in [0.3, 0.4) is 0 Å². The Balaban J connectivity index is 2.67. The molecule has 30 heavy (non-hydrogen) atoms. The van der Waals surface area contributed by atoms with E-state index in [0.29, 0.717) is 17.1 Å². The molecule has 0 heterocycles. The van der Waals surface area contributed by atoms with Crippen LogP contribution in [-0.2, 0) is 4.79 Å². The van der Waals surface area contributed by atoms with Crippen molar-refractivity contribution < 1.29 is 14.5 Å². The number of nitrogens with zero attached hydrogens (tertiary/aromatic N) is 6. The Morgan fingerprint density at radius 1 is 1.17 bits per heavy atom. The third-order valence-electron chi connectivity index (χ3n) is 3.89. The standard InChI is InChI=1S/C19H17N7O4/c1-11(27)22-15-7-17(25(2)3)18(30-4)8-16(15)23-24-19-12(9-20)5-14(26(28)29)6-13(19)10-21/h5-8H,1-4H3,(H,22,27). The lowest BCUT2D eigenvalue weighted by Gasteiger charge is -2.19. The van der Waals surface area contributed by atoms with Gasteiger partial charge in [0.2, 0.25) is 5.91 Å². The number of hydrogen-bond acceptors (Lipinski definition) is 9. The number of rotatable bonds is 6. The minimum absolute atomic E-state index is 0.116. The van der Waals surface area contributed by atoms with Crippen LogP contribution in [-0.4, -0.2) is 32.0 Å². The zero-order chi connectivity index (χ0) is 22.4. The highest BCUT2D eigenvalue weighted by Gasteiger charge is 2.18. The van der Waals surface area contributed by atoms with Crippen LogP contribution in [0.5, 0.6) is 5.75 Å². The van der Waals surface area contributed by atoms with Crippen molar-refractivity contribution in [3.63, 3.8) is 0 Å². The molecule has 0 atom stereocenters. The third kappa shape index (κ3) is 4.66. The molecule has 0 aromatic heterocycles. The summed E-state index contributed by atoms with van der Waals surface area (Å²) in [6.07, 6.45) is 0. The monoisotopic (exact) mass is 407 g/mol. The van der Waals surface area contributed by atoms with Gasteiger partial charge in [-0.1, -0.05) is 0 Å². The fraction of sp³-hybridized carbons (Fsp3) is 0.211. The minimum atomic E-state index is -0.706. The first-order chi connectivity index (χ1) is 14.2. The second-order valence-electron chi connectivity index (χ2n) is 6.19. The first-order valence-corrected chi connectivity index (χ1v) is 8.43. The molecule has 0 saturated carbocycles. The number of carbonyl (C=O) groups excluding carboxylic acids is 1. The van der Waals surface area contributed by atoms with Crippen molar-refractivity contribution in [2.75, 3.05) is 31.4 Å². The van der Waals surface area contributed by atoms with Crippen molar-refractivity contribution in [3.8, 4) is 17.9 Å². The summed E-state index contributed by atoms with van der Waals surface area (Å²) in [6.45, 7) is 1.33. The molecular formula is C19H17N7O4. The van der Waals surface area contributed by atoms with Gasteiger partial charge in [-0.2, -0.15) is 10.5 Å². The van der Waals surface area contributed by atoms with Crippen molar-refractivity contribution in [1.82, 2.24) is 0 Å². The number of ether oxygens (including phenoxy) is 1. The second kappa shape index (κ2) is 9.12. The van der Waals surface area contributed by atoms with Crippen LogP contribution in [0.4, 0.5) is 28.4 Å². The maximum Gasteiger partial charge on any atom is 0.272 e. The summed E-state index contributed by atoms with van der Waals surface area (Å²) >= 11 is 0. The van der Waals surface area contributed by atoms with E-state index in [2.05, 4.69) is 15.5 Å². The van der Waals surface area contributed by atoms with E-state index in [1.165, 1.54) is 20.1 Å². The highest BCUT2D eigenvalue weighted by molar-refractivity contribution is 5.93. The molecule has 0 radical (unpaired) electrons. The molecule has 0 aliphatic heterocycles. The second-order valence-corrected chi connectivity index (χ2v) is 6.19. The van der Waals surface area contributed by atoms with Gasteiger partial charge in [-0.3, -0.25) is 14.9 Å². The number of nitriles is 2. The molecule has 11 heteroatoms. The summed E-state index contributed by atoms with van der Waals surface area (Å²) in [5.41, 5.74) is 0.331. The van der Waals surface area contributed by atoms with E-state index in [1.807, 2.05) is 0 Å². The normalized spacial score (nSPS) is 10.2. The van der Waals surface area contributed by atoms with Crippen LogP contribution in [0.25, 0.3) is 0 Å². The molecule has 0 bridgehead atoms. The third-order valence-corrected chi connectivity index (χ3v) is 3.89. The van der Waals surface area contributed by atoms with E-state index in [0.717, 1.165) is 12.1 Å². The smallest absolute Gasteiger partial charge is 0.272 e. The largest absolute Gasteiger partial charge is 0.494 e. The number of azo groups is 1. The predicted molar refractivity (Wildman–Crippen MR) is 108 cm³/mol. The van der Waals surface area contributed by atoms with Gasteiger partial charge in [-0.05, 0) is 6.07 Å². The zero-order valence-electron chi connectivity index (χ0n) is 16.6. The molecule has 0 spiro atoms. The van der Waals surface area contributed by atoms with Gasteiger partial charge in [0.05, 0.1) is 34.5 Å². The summed E-state index contributed by atoms with van der Waals surface area (Å²) in [5.74, 6) is 0.111. The number of non-ortho nitro benzene ring substituents is 1. The molecular weight excluding hydrogens is 390 g/mol. The number of nitro benzene ring substituents is 1. The number of amides is 1. The van der Waals surface area contributed by atoms with E-state index in [4.69, 9.17) is 4.74 Å². The number of nitrogens with one attached hydrogen (secondary N) is 1. The molecule has 1 N–H and O–H groups in total. The van der Waals surface area contributed by atoms with Gasteiger partial charge in [-0.25, -0.2) is 0 Å². The Labute approximate surface area is 172 Å². The molecule has 2 aromatic carbocycles. The zero-order valence-corrected chi connectivity index (χ0v) is 16.6. The molecule has 0 unspecified atom stereocenters. The topological polar surface area (TPSA) is 157 Å². The summed E-state index contributed by atoms with van der Waals surface area (Å²) in [4.78, 5) is 23.7. The summed E-state index contributed by atoms with van der Waals surface area (Å²) < 4.78 is 5.36. The highest BCUT2D eigenvalue weighted by atomic mass is 16.6.